The van der Waals surface area contributed by atoms with Gasteiger partial charge in [-0.3, -0.25) is 0 Å². The quantitative estimate of drug-likeness (QED) is 0.609. The molecule has 1 aromatic rings. The minimum absolute atomic E-state index is 0.197. The number of nitrogens with one attached hydrogen (secondary N) is 2. The topological polar surface area (TPSA) is 40.2 Å². The zero-order chi connectivity index (χ0) is 21.9. The van der Waals surface area contributed by atoms with E-state index in [4.69, 9.17) is 0 Å². The third-order valence-electron chi connectivity index (χ3n) is 6.11. The van der Waals surface area contributed by atoms with Crippen molar-refractivity contribution in [3.8, 4) is 0 Å². The van der Waals surface area contributed by atoms with Crippen LogP contribution in [-0.2, 0) is 0 Å². The number of likely N-dealkylation sites (tertiary alicyclic amines) is 1. The molecule has 0 spiro atoms. The molecule has 30 heavy (non-hydrogen) atoms. The number of allylic oxidation sites excluding steroid dienone is 1. The van der Waals surface area contributed by atoms with Crippen LogP contribution in [0, 0.1) is 5.92 Å². The van der Waals surface area contributed by atoms with Gasteiger partial charge in [-0.2, -0.15) is 13.2 Å². The smallest absolute Gasteiger partial charge is 0.382 e. The molecule has 1 saturated heterocycles. The molecule has 0 atom stereocenters. The molecule has 3 rings (SSSR count). The van der Waals surface area contributed by atoms with Crippen LogP contribution in [0.15, 0.2) is 25.8 Å². The summed E-state index contributed by atoms with van der Waals surface area (Å²) in [6, 6.07) is 2.01. The molecular weight excluding hydrogens is 389 g/mol. The molecule has 1 aliphatic carbocycles. The van der Waals surface area contributed by atoms with Crippen LogP contribution in [0.25, 0.3) is 17.3 Å². The Kier molecular flexibility index (Phi) is 6.91. The number of halogens is 3. The normalized spacial score (nSPS) is 18.5. The first kappa shape index (κ1) is 22.4. The molecule has 0 amide bonds. The van der Waals surface area contributed by atoms with Crippen molar-refractivity contribution in [1.82, 2.24) is 15.2 Å². The number of hydrogen-bond donors (Lipinski definition) is 2. The van der Waals surface area contributed by atoms with Gasteiger partial charge in [0.1, 0.15) is 5.82 Å². The minimum atomic E-state index is -4.57. The van der Waals surface area contributed by atoms with E-state index in [9.17, 15) is 13.2 Å². The second-order valence-electron chi connectivity index (χ2n) is 8.38. The van der Waals surface area contributed by atoms with Crippen LogP contribution in [-0.4, -0.2) is 48.8 Å². The Balaban J connectivity index is 1.90. The molecule has 1 aromatic heterocycles. The van der Waals surface area contributed by atoms with E-state index in [1.165, 1.54) is 12.5 Å². The standard InChI is InChI=1S/C23H31F3N4/c1-5-19-20(16(3)28-18-9-11-30(4)12-10-18)13-21(27-14-17-7-6-8-17)29-22(19)15(2)23(24,25)26/h5,13,17-18,28H,1-3,6-12,14H2,4H3,(H,27,29). The minimum Gasteiger partial charge on any atom is -0.382 e. The number of pyridine rings is 1. The monoisotopic (exact) mass is 420 g/mol. The highest BCUT2D eigenvalue weighted by Gasteiger charge is 2.36. The van der Waals surface area contributed by atoms with Crippen molar-refractivity contribution in [2.45, 2.75) is 44.3 Å². The average molecular weight is 421 g/mol. The van der Waals surface area contributed by atoms with E-state index in [-0.39, 0.29) is 11.7 Å². The van der Waals surface area contributed by atoms with Crippen LogP contribution in [0.2, 0.25) is 0 Å². The predicted octanol–water partition coefficient (Wildman–Crippen LogP) is 5.17. The van der Waals surface area contributed by atoms with Gasteiger partial charge in [0, 0.05) is 29.4 Å². The zero-order valence-electron chi connectivity index (χ0n) is 17.6. The summed E-state index contributed by atoms with van der Waals surface area (Å²) in [6.07, 6.45) is 2.23. The Bertz CT molecular complexity index is 803. The van der Waals surface area contributed by atoms with Gasteiger partial charge in [0.2, 0.25) is 0 Å². The summed E-state index contributed by atoms with van der Waals surface area (Å²) in [7, 11) is 2.08. The summed E-state index contributed by atoms with van der Waals surface area (Å²) in [5.74, 6) is 0.957. The van der Waals surface area contributed by atoms with Crippen molar-refractivity contribution in [3.63, 3.8) is 0 Å². The van der Waals surface area contributed by atoms with E-state index in [0.717, 1.165) is 38.8 Å². The van der Waals surface area contributed by atoms with E-state index < -0.39 is 11.7 Å². The number of alkyl halides is 3. The summed E-state index contributed by atoms with van der Waals surface area (Å²) in [5, 5.41) is 6.63. The third kappa shape index (κ3) is 5.25. The van der Waals surface area contributed by atoms with Crippen molar-refractivity contribution in [1.29, 1.82) is 0 Å². The van der Waals surface area contributed by atoms with Gasteiger partial charge in [0.25, 0.3) is 0 Å². The number of nitrogens with zero attached hydrogens (tertiary/aromatic N) is 2. The molecule has 2 fully saturated rings. The fourth-order valence-corrected chi connectivity index (χ4v) is 3.89. The number of rotatable bonds is 8. The SMILES string of the molecule is C=Cc1c(C(=C)NC2CCN(C)CC2)cc(NCC2CCC2)nc1C(=C)C(F)(F)F. The van der Waals surface area contributed by atoms with Crippen LogP contribution >= 0.6 is 0 Å². The van der Waals surface area contributed by atoms with Crippen molar-refractivity contribution in [2.75, 3.05) is 32.0 Å². The summed E-state index contributed by atoms with van der Waals surface area (Å²) < 4.78 is 40.4. The van der Waals surface area contributed by atoms with Gasteiger partial charge in [-0.1, -0.05) is 32.2 Å². The Morgan fingerprint density at radius 2 is 1.90 bits per heavy atom. The van der Waals surface area contributed by atoms with Gasteiger partial charge < -0.3 is 15.5 Å². The van der Waals surface area contributed by atoms with Gasteiger partial charge in [0.05, 0.1) is 11.3 Å². The van der Waals surface area contributed by atoms with Gasteiger partial charge in [-0.15, -0.1) is 0 Å². The summed E-state index contributed by atoms with van der Waals surface area (Å²) in [4.78, 5) is 6.52. The fraction of sp³-hybridized carbons (Fsp3) is 0.522. The van der Waals surface area contributed by atoms with Crippen LogP contribution in [0.1, 0.15) is 48.9 Å². The molecule has 1 aliphatic heterocycles. The fourth-order valence-electron chi connectivity index (χ4n) is 3.89. The molecule has 0 unspecified atom stereocenters. The molecule has 1 saturated carbocycles. The molecule has 7 heteroatoms. The summed E-state index contributed by atoms with van der Waals surface area (Å²) in [6.45, 7) is 13.8. The second-order valence-corrected chi connectivity index (χ2v) is 8.38. The van der Waals surface area contributed by atoms with Gasteiger partial charge >= 0.3 is 6.18 Å². The second kappa shape index (κ2) is 9.25. The third-order valence-corrected chi connectivity index (χ3v) is 6.11. The molecular formula is C23H31F3N4. The lowest BCUT2D eigenvalue weighted by Gasteiger charge is -2.31. The summed E-state index contributed by atoms with van der Waals surface area (Å²) >= 11 is 0. The molecule has 0 radical (unpaired) electrons. The molecule has 2 N–H and O–H groups in total. The number of piperidine rings is 1. The maximum Gasteiger partial charge on any atom is 0.417 e. The number of anilines is 1. The largest absolute Gasteiger partial charge is 0.417 e. The van der Waals surface area contributed by atoms with Crippen molar-refractivity contribution < 1.29 is 13.2 Å². The van der Waals surface area contributed by atoms with E-state index >= 15 is 0 Å². The van der Waals surface area contributed by atoms with E-state index in [1.54, 1.807) is 6.07 Å². The highest BCUT2D eigenvalue weighted by molar-refractivity contribution is 5.82. The van der Waals surface area contributed by atoms with E-state index in [2.05, 4.69) is 47.3 Å². The van der Waals surface area contributed by atoms with Gasteiger partial charge in [0.15, 0.2) is 0 Å². The first-order chi connectivity index (χ1) is 14.2. The van der Waals surface area contributed by atoms with Crippen molar-refractivity contribution in [2.24, 2.45) is 5.92 Å². The van der Waals surface area contributed by atoms with E-state index in [1.807, 2.05) is 0 Å². The lowest BCUT2D eigenvalue weighted by atomic mass is 9.85. The summed E-state index contributed by atoms with van der Waals surface area (Å²) in [5.41, 5.74) is 0.299. The molecule has 2 aliphatic rings. The lowest BCUT2D eigenvalue weighted by Crippen LogP contribution is -2.40. The lowest BCUT2D eigenvalue weighted by molar-refractivity contribution is -0.0689. The van der Waals surface area contributed by atoms with Gasteiger partial charge in [-0.25, -0.2) is 4.98 Å². The highest BCUT2D eigenvalue weighted by atomic mass is 19.4. The molecule has 0 bridgehead atoms. The Labute approximate surface area is 176 Å². The highest BCUT2D eigenvalue weighted by Crippen LogP contribution is 2.37. The predicted molar refractivity (Wildman–Crippen MR) is 118 cm³/mol. The molecule has 0 aromatic carbocycles. The van der Waals surface area contributed by atoms with Crippen LogP contribution < -0.4 is 10.6 Å². The van der Waals surface area contributed by atoms with E-state index in [0.29, 0.717) is 35.1 Å². The molecule has 4 nitrogen and oxygen atoms in total. The molecule has 2 heterocycles. The Morgan fingerprint density at radius 3 is 2.43 bits per heavy atom. The Morgan fingerprint density at radius 1 is 1.23 bits per heavy atom. The van der Waals surface area contributed by atoms with Crippen LogP contribution in [0.3, 0.4) is 0 Å². The van der Waals surface area contributed by atoms with Gasteiger partial charge in [-0.05, 0) is 57.8 Å². The number of hydrogen-bond acceptors (Lipinski definition) is 4. The maximum atomic E-state index is 13.5. The van der Waals surface area contributed by atoms with Crippen molar-refractivity contribution in [3.05, 3.63) is 42.6 Å². The maximum absolute atomic E-state index is 13.5. The first-order valence-electron chi connectivity index (χ1n) is 10.5. The average Bonchev–Trinajstić information content (AvgIpc) is 2.66. The zero-order valence-corrected chi connectivity index (χ0v) is 17.6. The number of aromatic nitrogens is 1. The van der Waals surface area contributed by atoms with Crippen molar-refractivity contribution >= 4 is 23.2 Å². The van der Waals surface area contributed by atoms with Crippen LogP contribution in [0.4, 0.5) is 19.0 Å². The Hall–Kier alpha value is -2.28. The molecule has 164 valence electrons. The first-order valence-corrected chi connectivity index (χ1v) is 10.5. The van der Waals surface area contributed by atoms with Crippen LogP contribution in [0.5, 0.6) is 0 Å².